The summed E-state index contributed by atoms with van der Waals surface area (Å²) in [4.78, 5) is 37.1. The second kappa shape index (κ2) is 5.20. The van der Waals surface area contributed by atoms with Crippen molar-refractivity contribution in [3.63, 3.8) is 0 Å². The summed E-state index contributed by atoms with van der Waals surface area (Å²) < 4.78 is 0. The second-order valence-corrected chi connectivity index (χ2v) is 5.57. The summed E-state index contributed by atoms with van der Waals surface area (Å²) in [7, 11) is 0. The van der Waals surface area contributed by atoms with Crippen LogP contribution in [0.5, 0.6) is 0 Å². The van der Waals surface area contributed by atoms with Crippen molar-refractivity contribution in [2.45, 2.75) is 25.3 Å². The third-order valence-corrected chi connectivity index (χ3v) is 3.88. The topological polar surface area (TPSA) is 92.5 Å². The van der Waals surface area contributed by atoms with Gasteiger partial charge in [-0.3, -0.25) is 14.4 Å². The lowest BCUT2D eigenvalue weighted by Gasteiger charge is -2.19. The van der Waals surface area contributed by atoms with Crippen LogP contribution in [0.25, 0.3) is 0 Å². The van der Waals surface area contributed by atoms with Gasteiger partial charge in [0.05, 0.1) is 17.2 Å². The predicted octanol–water partition coefficient (Wildman–Crippen LogP) is 0.417. The Kier molecular flexibility index (Phi) is 3.37. The fraction of sp³-hybridized carbons (Fsp3) is 0.400. The number of nitrogens with zero attached hydrogens (tertiary/aromatic N) is 1. The number of anilines is 1. The molecule has 2 fully saturated rings. The van der Waals surface area contributed by atoms with Crippen molar-refractivity contribution in [1.82, 2.24) is 5.32 Å². The van der Waals surface area contributed by atoms with Crippen molar-refractivity contribution < 1.29 is 14.4 Å². The van der Waals surface area contributed by atoms with Gasteiger partial charge in [-0.2, -0.15) is 0 Å². The van der Waals surface area contributed by atoms with Crippen LogP contribution in [-0.2, 0) is 9.59 Å². The largest absolute Gasteiger partial charge is 0.369 e. The monoisotopic (exact) mass is 287 g/mol. The van der Waals surface area contributed by atoms with Gasteiger partial charge in [-0.15, -0.1) is 0 Å². The molecule has 0 spiro atoms. The fourth-order valence-corrected chi connectivity index (χ4v) is 2.52. The molecule has 21 heavy (non-hydrogen) atoms. The SMILES string of the molecule is NC(=O)C1CC(=O)N(c2ccccc2C(=O)NC2CC2)C1. The van der Waals surface area contributed by atoms with Crippen molar-refractivity contribution in [1.29, 1.82) is 0 Å². The first-order chi connectivity index (χ1) is 10.1. The van der Waals surface area contributed by atoms with Gasteiger partial charge in [0.15, 0.2) is 0 Å². The third-order valence-electron chi connectivity index (χ3n) is 3.88. The number of hydrogen-bond acceptors (Lipinski definition) is 3. The average molecular weight is 287 g/mol. The first kappa shape index (κ1) is 13.6. The minimum Gasteiger partial charge on any atom is -0.369 e. The second-order valence-electron chi connectivity index (χ2n) is 5.57. The van der Waals surface area contributed by atoms with Crippen LogP contribution in [0, 0.1) is 5.92 Å². The molecule has 0 aromatic heterocycles. The molecular weight excluding hydrogens is 270 g/mol. The Hall–Kier alpha value is -2.37. The van der Waals surface area contributed by atoms with E-state index in [0.717, 1.165) is 12.8 Å². The van der Waals surface area contributed by atoms with E-state index in [2.05, 4.69) is 5.32 Å². The quantitative estimate of drug-likeness (QED) is 0.840. The molecule has 3 amide bonds. The molecule has 6 heteroatoms. The summed E-state index contributed by atoms with van der Waals surface area (Å²) in [5, 5.41) is 2.91. The lowest BCUT2D eigenvalue weighted by atomic mass is 10.1. The Bertz CT molecular complexity index is 610. The molecule has 1 aliphatic heterocycles. The van der Waals surface area contributed by atoms with Crippen molar-refractivity contribution in [2.24, 2.45) is 11.7 Å². The standard InChI is InChI=1S/C15H17N3O3/c16-14(20)9-7-13(19)18(8-9)12-4-2-1-3-11(12)15(21)17-10-5-6-10/h1-4,9-10H,5-8H2,(H2,16,20)(H,17,21). The molecule has 1 atom stereocenters. The summed E-state index contributed by atoms with van der Waals surface area (Å²) in [6.07, 6.45) is 2.11. The van der Waals surface area contributed by atoms with Gasteiger partial charge in [-0.05, 0) is 25.0 Å². The van der Waals surface area contributed by atoms with E-state index in [9.17, 15) is 14.4 Å². The number of nitrogens with one attached hydrogen (secondary N) is 1. The van der Waals surface area contributed by atoms with Crippen LogP contribution in [0.2, 0.25) is 0 Å². The van der Waals surface area contributed by atoms with E-state index in [1.54, 1.807) is 24.3 Å². The van der Waals surface area contributed by atoms with Crippen molar-refractivity contribution in [3.8, 4) is 0 Å². The van der Waals surface area contributed by atoms with Gasteiger partial charge in [-0.1, -0.05) is 12.1 Å². The van der Waals surface area contributed by atoms with Gasteiger partial charge in [0, 0.05) is 19.0 Å². The molecule has 2 aliphatic rings. The number of nitrogens with two attached hydrogens (primary N) is 1. The number of carbonyl (C=O) groups excluding carboxylic acids is 3. The van der Waals surface area contributed by atoms with Gasteiger partial charge in [-0.25, -0.2) is 0 Å². The Labute approximate surface area is 122 Å². The highest BCUT2D eigenvalue weighted by atomic mass is 16.2. The minimum absolute atomic E-state index is 0.105. The van der Waals surface area contributed by atoms with Crippen LogP contribution in [0.15, 0.2) is 24.3 Å². The zero-order valence-corrected chi connectivity index (χ0v) is 11.5. The highest BCUT2D eigenvalue weighted by Crippen LogP contribution is 2.29. The maximum absolute atomic E-state index is 12.3. The van der Waals surface area contributed by atoms with E-state index >= 15 is 0 Å². The number of benzene rings is 1. The molecule has 1 unspecified atom stereocenters. The van der Waals surface area contributed by atoms with Crippen LogP contribution >= 0.6 is 0 Å². The van der Waals surface area contributed by atoms with Gasteiger partial charge in [0.25, 0.3) is 5.91 Å². The van der Waals surface area contributed by atoms with Gasteiger partial charge >= 0.3 is 0 Å². The zero-order chi connectivity index (χ0) is 15.0. The Morgan fingerprint density at radius 1 is 1.24 bits per heavy atom. The summed E-state index contributed by atoms with van der Waals surface area (Å²) in [5.74, 6) is -1.32. The van der Waals surface area contributed by atoms with Crippen LogP contribution < -0.4 is 16.0 Å². The summed E-state index contributed by atoms with van der Waals surface area (Å²) in [6.45, 7) is 0.238. The fourth-order valence-electron chi connectivity index (χ4n) is 2.52. The molecule has 3 N–H and O–H groups in total. The van der Waals surface area contributed by atoms with E-state index < -0.39 is 11.8 Å². The van der Waals surface area contributed by atoms with E-state index in [1.165, 1.54) is 4.90 Å². The van der Waals surface area contributed by atoms with Gasteiger partial charge in [0.1, 0.15) is 0 Å². The average Bonchev–Trinajstić information content (AvgIpc) is 3.18. The summed E-state index contributed by atoms with van der Waals surface area (Å²) in [5.41, 5.74) is 6.28. The van der Waals surface area contributed by atoms with Crippen LogP contribution in [0.4, 0.5) is 5.69 Å². The van der Waals surface area contributed by atoms with Crippen LogP contribution in [-0.4, -0.2) is 30.3 Å². The van der Waals surface area contributed by atoms with E-state index in [4.69, 9.17) is 5.73 Å². The first-order valence-electron chi connectivity index (χ1n) is 7.06. The van der Waals surface area contributed by atoms with Crippen molar-refractivity contribution >= 4 is 23.4 Å². The number of primary amides is 1. The van der Waals surface area contributed by atoms with Crippen molar-refractivity contribution in [2.75, 3.05) is 11.4 Å². The Balaban J connectivity index is 1.86. The third kappa shape index (κ3) is 2.74. The lowest BCUT2D eigenvalue weighted by Crippen LogP contribution is -2.32. The van der Waals surface area contributed by atoms with Crippen LogP contribution in [0.3, 0.4) is 0 Å². The van der Waals surface area contributed by atoms with E-state index in [-0.39, 0.29) is 30.8 Å². The predicted molar refractivity (Wildman–Crippen MR) is 76.6 cm³/mol. The smallest absolute Gasteiger partial charge is 0.253 e. The normalized spacial score (nSPS) is 21.4. The number of para-hydroxylation sites is 1. The molecular formula is C15H17N3O3. The maximum Gasteiger partial charge on any atom is 0.253 e. The van der Waals surface area contributed by atoms with Crippen molar-refractivity contribution in [3.05, 3.63) is 29.8 Å². The molecule has 1 heterocycles. The number of carbonyl (C=O) groups is 3. The van der Waals surface area contributed by atoms with Gasteiger partial charge < -0.3 is 16.0 Å². The lowest BCUT2D eigenvalue weighted by molar-refractivity contribution is -0.123. The number of rotatable bonds is 4. The van der Waals surface area contributed by atoms with Crippen LogP contribution in [0.1, 0.15) is 29.6 Å². The van der Waals surface area contributed by atoms with E-state index in [0.29, 0.717) is 11.3 Å². The highest BCUT2D eigenvalue weighted by molar-refractivity contribution is 6.07. The molecule has 6 nitrogen and oxygen atoms in total. The molecule has 0 radical (unpaired) electrons. The molecule has 0 bridgehead atoms. The minimum atomic E-state index is -0.489. The molecule has 110 valence electrons. The zero-order valence-electron chi connectivity index (χ0n) is 11.5. The Morgan fingerprint density at radius 3 is 2.57 bits per heavy atom. The number of hydrogen-bond donors (Lipinski definition) is 2. The first-order valence-corrected chi connectivity index (χ1v) is 7.06. The van der Waals surface area contributed by atoms with E-state index in [1.807, 2.05) is 0 Å². The molecule has 1 aliphatic carbocycles. The molecule has 3 rings (SSSR count). The molecule has 1 saturated heterocycles. The molecule has 1 saturated carbocycles. The molecule has 1 aromatic carbocycles. The number of amides is 3. The summed E-state index contributed by atoms with van der Waals surface area (Å²) in [6, 6.07) is 7.20. The molecule has 1 aromatic rings. The highest BCUT2D eigenvalue weighted by Gasteiger charge is 2.35. The van der Waals surface area contributed by atoms with Gasteiger partial charge in [0.2, 0.25) is 11.8 Å². The summed E-state index contributed by atoms with van der Waals surface area (Å²) >= 11 is 0. The maximum atomic E-state index is 12.3. The Morgan fingerprint density at radius 2 is 1.95 bits per heavy atom.